The van der Waals surface area contributed by atoms with Gasteiger partial charge in [-0.15, -0.1) is 0 Å². The standard InChI is InChI=1S/C10H12BNO/c1-8-3-2-4-9(7-8)12-10(13)5-6-11/h2-4,7H,5-6H2,1H3,(H,12,13). The molecule has 1 amide bonds. The first-order valence-corrected chi connectivity index (χ1v) is 4.29. The van der Waals surface area contributed by atoms with Gasteiger partial charge in [-0.05, 0) is 24.6 Å². The Kier molecular flexibility index (Phi) is 3.56. The molecule has 0 spiro atoms. The molecule has 0 unspecified atom stereocenters. The number of hydrogen-bond acceptors (Lipinski definition) is 1. The zero-order valence-corrected chi connectivity index (χ0v) is 7.71. The van der Waals surface area contributed by atoms with Gasteiger partial charge in [0.05, 0.1) is 7.85 Å². The first-order valence-electron chi connectivity index (χ1n) is 4.29. The maximum Gasteiger partial charge on any atom is 0.223 e. The highest BCUT2D eigenvalue weighted by Crippen LogP contribution is 2.09. The minimum absolute atomic E-state index is 0.0342. The molecule has 66 valence electrons. The number of benzene rings is 1. The molecule has 2 radical (unpaired) electrons. The van der Waals surface area contributed by atoms with Gasteiger partial charge < -0.3 is 5.32 Å². The number of rotatable bonds is 3. The van der Waals surface area contributed by atoms with Crippen molar-refractivity contribution in [2.45, 2.75) is 19.7 Å². The molecule has 0 aliphatic heterocycles. The minimum atomic E-state index is -0.0342. The average molecular weight is 173 g/mol. The Balaban J connectivity index is 2.58. The van der Waals surface area contributed by atoms with Gasteiger partial charge >= 0.3 is 0 Å². The van der Waals surface area contributed by atoms with Crippen molar-refractivity contribution in [2.24, 2.45) is 0 Å². The number of anilines is 1. The number of amides is 1. The Bertz CT molecular complexity index is 299. The van der Waals surface area contributed by atoms with E-state index in [-0.39, 0.29) is 5.91 Å². The topological polar surface area (TPSA) is 29.1 Å². The van der Waals surface area contributed by atoms with Gasteiger partial charge in [-0.2, -0.15) is 0 Å². The van der Waals surface area contributed by atoms with Crippen molar-refractivity contribution < 1.29 is 4.79 Å². The lowest BCUT2D eigenvalue weighted by atomic mass is 10.0. The number of carbonyl (C=O) groups excluding carboxylic acids is 1. The van der Waals surface area contributed by atoms with Crippen molar-refractivity contribution in [3.8, 4) is 0 Å². The summed E-state index contributed by atoms with van der Waals surface area (Å²) in [6, 6.07) is 7.68. The largest absolute Gasteiger partial charge is 0.326 e. The quantitative estimate of drug-likeness (QED) is 0.695. The summed E-state index contributed by atoms with van der Waals surface area (Å²) in [7, 11) is 5.25. The Morgan fingerprint density at radius 3 is 2.92 bits per heavy atom. The monoisotopic (exact) mass is 173 g/mol. The highest BCUT2D eigenvalue weighted by atomic mass is 16.1. The SMILES string of the molecule is [B]CCC(=O)Nc1cccc(C)c1. The van der Waals surface area contributed by atoms with Crippen molar-refractivity contribution in [2.75, 3.05) is 5.32 Å². The van der Waals surface area contributed by atoms with E-state index in [0.29, 0.717) is 12.7 Å². The third-order valence-electron chi connectivity index (χ3n) is 1.67. The molecule has 13 heavy (non-hydrogen) atoms. The summed E-state index contributed by atoms with van der Waals surface area (Å²) in [5, 5.41) is 2.76. The van der Waals surface area contributed by atoms with Crippen LogP contribution in [0.3, 0.4) is 0 Å². The van der Waals surface area contributed by atoms with Crippen molar-refractivity contribution in [3.63, 3.8) is 0 Å². The first-order chi connectivity index (χ1) is 6.22. The minimum Gasteiger partial charge on any atom is -0.326 e. The molecule has 3 heteroatoms. The molecule has 1 aromatic rings. The fourth-order valence-corrected chi connectivity index (χ4v) is 1.08. The summed E-state index contributed by atoms with van der Waals surface area (Å²) in [4.78, 5) is 11.1. The molecule has 1 rings (SSSR count). The predicted molar refractivity (Wildman–Crippen MR) is 55.0 cm³/mol. The van der Waals surface area contributed by atoms with E-state index in [1.54, 1.807) is 0 Å². The van der Waals surface area contributed by atoms with Crippen LogP contribution in [0.5, 0.6) is 0 Å². The van der Waals surface area contributed by atoms with Crippen LogP contribution < -0.4 is 5.32 Å². The van der Waals surface area contributed by atoms with Gasteiger partial charge in [0, 0.05) is 12.1 Å². The zero-order valence-electron chi connectivity index (χ0n) is 7.71. The molecule has 0 heterocycles. The second-order valence-electron chi connectivity index (χ2n) is 2.96. The Morgan fingerprint density at radius 1 is 1.54 bits per heavy atom. The van der Waals surface area contributed by atoms with Crippen molar-refractivity contribution in [1.82, 2.24) is 0 Å². The van der Waals surface area contributed by atoms with E-state index in [0.717, 1.165) is 11.3 Å². The van der Waals surface area contributed by atoms with E-state index in [1.165, 1.54) is 0 Å². The lowest BCUT2D eigenvalue weighted by molar-refractivity contribution is -0.115. The molecule has 0 saturated heterocycles. The molecule has 0 bridgehead atoms. The molecule has 1 aromatic carbocycles. The van der Waals surface area contributed by atoms with Gasteiger partial charge in [-0.1, -0.05) is 18.5 Å². The summed E-state index contributed by atoms with van der Waals surface area (Å²) >= 11 is 0. The fraction of sp³-hybridized carbons (Fsp3) is 0.300. The Labute approximate surface area is 79.8 Å². The summed E-state index contributed by atoms with van der Waals surface area (Å²) in [5.74, 6) is -0.0342. The van der Waals surface area contributed by atoms with E-state index in [2.05, 4.69) is 5.32 Å². The summed E-state index contributed by atoms with van der Waals surface area (Å²) in [5.41, 5.74) is 1.96. The molecule has 0 aromatic heterocycles. The van der Waals surface area contributed by atoms with Crippen molar-refractivity contribution in [1.29, 1.82) is 0 Å². The lowest BCUT2D eigenvalue weighted by Gasteiger charge is -2.04. The van der Waals surface area contributed by atoms with Gasteiger partial charge in [0.15, 0.2) is 0 Å². The van der Waals surface area contributed by atoms with E-state index in [4.69, 9.17) is 7.85 Å². The van der Waals surface area contributed by atoms with Crippen LogP contribution in [-0.2, 0) is 4.79 Å². The lowest BCUT2D eigenvalue weighted by Crippen LogP contribution is -2.10. The maximum atomic E-state index is 11.1. The van der Waals surface area contributed by atoms with Crippen LogP contribution in [0.25, 0.3) is 0 Å². The third kappa shape index (κ3) is 3.32. The van der Waals surface area contributed by atoms with Crippen LogP contribution in [0.4, 0.5) is 5.69 Å². The van der Waals surface area contributed by atoms with E-state index < -0.39 is 0 Å². The Hall–Kier alpha value is -1.25. The maximum absolute atomic E-state index is 11.1. The van der Waals surface area contributed by atoms with Crippen LogP contribution in [-0.4, -0.2) is 13.8 Å². The van der Waals surface area contributed by atoms with Gasteiger partial charge in [0.2, 0.25) is 5.91 Å². The van der Waals surface area contributed by atoms with Crippen molar-refractivity contribution >= 4 is 19.4 Å². The van der Waals surface area contributed by atoms with E-state index >= 15 is 0 Å². The highest BCUT2D eigenvalue weighted by molar-refractivity contribution is 6.10. The van der Waals surface area contributed by atoms with Gasteiger partial charge in [0.25, 0.3) is 0 Å². The number of hydrogen-bond donors (Lipinski definition) is 1. The van der Waals surface area contributed by atoms with Gasteiger partial charge in [-0.3, -0.25) is 4.79 Å². The molecule has 0 aliphatic carbocycles. The van der Waals surface area contributed by atoms with Gasteiger partial charge in [-0.25, -0.2) is 0 Å². The predicted octanol–water partition coefficient (Wildman–Crippen LogP) is 1.91. The Morgan fingerprint density at radius 2 is 2.31 bits per heavy atom. The zero-order chi connectivity index (χ0) is 9.68. The average Bonchev–Trinajstić information content (AvgIpc) is 2.04. The summed E-state index contributed by atoms with van der Waals surface area (Å²) < 4.78 is 0. The van der Waals surface area contributed by atoms with E-state index in [9.17, 15) is 4.79 Å². The summed E-state index contributed by atoms with van der Waals surface area (Å²) in [6.45, 7) is 1.98. The van der Waals surface area contributed by atoms with Crippen LogP contribution in [0, 0.1) is 6.92 Å². The van der Waals surface area contributed by atoms with Crippen LogP contribution in [0.15, 0.2) is 24.3 Å². The molecule has 2 nitrogen and oxygen atoms in total. The first kappa shape index (κ1) is 9.84. The summed E-state index contributed by atoms with van der Waals surface area (Å²) in [6.07, 6.45) is 0.756. The second kappa shape index (κ2) is 4.70. The molecule has 0 aliphatic rings. The van der Waals surface area contributed by atoms with Crippen LogP contribution >= 0.6 is 0 Å². The smallest absolute Gasteiger partial charge is 0.223 e. The molecular weight excluding hydrogens is 161 g/mol. The van der Waals surface area contributed by atoms with Crippen LogP contribution in [0.2, 0.25) is 6.32 Å². The fourth-order valence-electron chi connectivity index (χ4n) is 1.08. The molecule has 1 N–H and O–H groups in total. The van der Waals surface area contributed by atoms with Gasteiger partial charge in [0.1, 0.15) is 0 Å². The number of aryl methyl sites for hydroxylation is 1. The molecule has 0 atom stereocenters. The highest BCUT2D eigenvalue weighted by Gasteiger charge is 1.99. The number of nitrogens with one attached hydrogen (secondary N) is 1. The van der Waals surface area contributed by atoms with E-state index in [1.807, 2.05) is 31.2 Å². The van der Waals surface area contributed by atoms with Crippen LogP contribution in [0.1, 0.15) is 12.0 Å². The molecule has 0 fully saturated rings. The van der Waals surface area contributed by atoms with Crippen molar-refractivity contribution in [3.05, 3.63) is 29.8 Å². The molecular formula is C10H12BNO. The number of carbonyl (C=O) groups is 1. The third-order valence-corrected chi connectivity index (χ3v) is 1.67. The molecule has 0 saturated carbocycles. The second-order valence-corrected chi connectivity index (χ2v) is 2.96. The normalized spacial score (nSPS) is 9.62.